The normalized spacial score (nSPS) is 11.4. The fourth-order valence-corrected chi connectivity index (χ4v) is 1.61. The third-order valence-corrected chi connectivity index (χ3v) is 2.56. The number of rotatable bonds is 8. The zero-order chi connectivity index (χ0) is 14.3. The molecule has 0 bridgehead atoms. The van der Waals surface area contributed by atoms with E-state index in [1.54, 1.807) is 21.0 Å². The summed E-state index contributed by atoms with van der Waals surface area (Å²) in [4.78, 5) is 0. The van der Waals surface area contributed by atoms with E-state index in [9.17, 15) is 5.11 Å². The second-order valence-corrected chi connectivity index (χ2v) is 5.26. The van der Waals surface area contributed by atoms with E-state index in [0.29, 0.717) is 11.5 Å². The minimum atomic E-state index is -0.855. The van der Waals surface area contributed by atoms with Crippen molar-refractivity contribution in [3.8, 4) is 11.5 Å². The maximum absolute atomic E-state index is 9.66. The monoisotopic (exact) mass is 267 g/mol. The Kier molecular flexibility index (Phi) is 6.12. The molecule has 4 heteroatoms. The predicted octanol–water partition coefficient (Wildman–Crippen LogP) is 2.34. The molecule has 0 spiro atoms. The average molecular weight is 267 g/mol. The minimum absolute atomic E-state index is 0.233. The SMILES string of the molecule is CCCNCc1ccc(OCC(C)(C)O)c(OC)c1. The first-order valence-electron chi connectivity index (χ1n) is 6.69. The van der Waals surface area contributed by atoms with Gasteiger partial charge >= 0.3 is 0 Å². The van der Waals surface area contributed by atoms with Crippen molar-refractivity contribution in [2.24, 2.45) is 0 Å². The molecule has 0 heterocycles. The maximum Gasteiger partial charge on any atom is 0.161 e. The Bertz CT molecular complexity index is 385. The molecule has 0 fully saturated rings. The van der Waals surface area contributed by atoms with Crippen molar-refractivity contribution in [3.63, 3.8) is 0 Å². The number of hydrogen-bond donors (Lipinski definition) is 2. The lowest BCUT2D eigenvalue weighted by molar-refractivity contribution is 0.0276. The van der Waals surface area contributed by atoms with Gasteiger partial charge in [0.25, 0.3) is 0 Å². The molecule has 0 amide bonds. The molecule has 0 radical (unpaired) electrons. The molecule has 108 valence electrons. The smallest absolute Gasteiger partial charge is 0.161 e. The molecule has 1 rings (SSSR count). The van der Waals surface area contributed by atoms with E-state index < -0.39 is 5.60 Å². The molecule has 2 N–H and O–H groups in total. The Morgan fingerprint density at radius 1 is 1.26 bits per heavy atom. The summed E-state index contributed by atoms with van der Waals surface area (Å²) in [6, 6.07) is 5.85. The van der Waals surface area contributed by atoms with Gasteiger partial charge < -0.3 is 19.9 Å². The van der Waals surface area contributed by atoms with Gasteiger partial charge in [-0.25, -0.2) is 0 Å². The Morgan fingerprint density at radius 3 is 2.58 bits per heavy atom. The second kappa shape index (κ2) is 7.36. The van der Waals surface area contributed by atoms with E-state index in [-0.39, 0.29) is 6.61 Å². The van der Waals surface area contributed by atoms with Crippen LogP contribution in [0.4, 0.5) is 0 Å². The van der Waals surface area contributed by atoms with Crippen LogP contribution in [0.3, 0.4) is 0 Å². The van der Waals surface area contributed by atoms with Gasteiger partial charge in [0.2, 0.25) is 0 Å². The highest BCUT2D eigenvalue weighted by molar-refractivity contribution is 5.43. The molecule has 1 aromatic rings. The van der Waals surface area contributed by atoms with Crippen LogP contribution in [0.25, 0.3) is 0 Å². The van der Waals surface area contributed by atoms with Crippen LogP contribution in [0.2, 0.25) is 0 Å². The molecule has 0 atom stereocenters. The molecule has 0 saturated heterocycles. The van der Waals surface area contributed by atoms with Crippen LogP contribution in [0, 0.1) is 0 Å². The first-order chi connectivity index (χ1) is 8.96. The highest BCUT2D eigenvalue weighted by atomic mass is 16.5. The summed E-state index contributed by atoms with van der Waals surface area (Å²) < 4.78 is 10.9. The summed E-state index contributed by atoms with van der Waals surface area (Å²) in [7, 11) is 1.62. The van der Waals surface area contributed by atoms with Crippen LogP contribution in [0.15, 0.2) is 18.2 Å². The third kappa shape index (κ3) is 5.94. The Balaban J connectivity index is 2.67. The van der Waals surface area contributed by atoms with Crippen molar-refractivity contribution in [2.75, 3.05) is 20.3 Å². The van der Waals surface area contributed by atoms with Gasteiger partial charge in [-0.05, 0) is 44.5 Å². The number of methoxy groups -OCH3 is 1. The zero-order valence-electron chi connectivity index (χ0n) is 12.3. The number of ether oxygens (including phenoxy) is 2. The van der Waals surface area contributed by atoms with Crippen molar-refractivity contribution in [1.29, 1.82) is 0 Å². The Hall–Kier alpha value is -1.26. The van der Waals surface area contributed by atoms with Crippen LogP contribution in [-0.2, 0) is 6.54 Å². The van der Waals surface area contributed by atoms with Crippen LogP contribution in [0.5, 0.6) is 11.5 Å². The van der Waals surface area contributed by atoms with E-state index >= 15 is 0 Å². The Labute approximate surface area is 115 Å². The third-order valence-electron chi connectivity index (χ3n) is 2.56. The molecular weight excluding hydrogens is 242 g/mol. The summed E-state index contributed by atoms with van der Waals surface area (Å²) in [6.07, 6.45) is 1.11. The fourth-order valence-electron chi connectivity index (χ4n) is 1.61. The molecule has 19 heavy (non-hydrogen) atoms. The zero-order valence-corrected chi connectivity index (χ0v) is 12.3. The summed E-state index contributed by atoms with van der Waals surface area (Å²) in [5.74, 6) is 1.35. The summed E-state index contributed by atoms with van der Waals surface area (Å²) in [5, 5.41) is 13.0. The van der Waals surface area contributed by atoms with Gasteiger partial charge in [0.15, 0.2) is 11.5 Å². The number of nitrogens with one attached hydrogen (secondary N) is 1. The van der Waals surface area contributed by atoms with E-state index in [2.05, 4.69) is 12.2 Å². The molecule has 0 aliphatic rings. The van der Waals surface area contributed by atoms with Crippen molar-refractivity contribution in [2.45, 2.75) is 39.3 Å². The van der Waals surface area contributed by atoms with Crippen molar-refractivity contribution in [1.82, 2.24) is 5.32 Å². The van der Waals surface area contributed by atoms with Gasteiger partial charge in [-0.2, -0.15) is 0 Å². The van der Waals surface area contributed by atoms with Gasteiger partial charge in [-0.1, -0.05) is 13.0 Å². The lowest BCUT2D eigenvalue weighted by atomic mass is 10.1. The van der Waals surface area contributed by atoms with Crippen LogP contribution >= 0.6 is 0 Å². The standard InChI is InChI=1S/C15H25NO3/c1-5-8-16-10-12-6-7-13(14(9-12)18-4)19-11-15(2,3)17/h6-7,9,16-17H,5,8,10-11H2,1-4H3. The van der Waals surface area contributed by atoms with Gasteiger partial charge in [0.1, 0.15) is 6.61 Å². The van der Waals surface area contributed by atoms with E-state index in [1.165, 1.54) is 0 Å². The largest absolute Gasteiger partial charge is 0.493 e. The predicted molar refractivity (Wildman–Crippen MR) is 76.8 cm³/mol. The molecule has 4 nitrogen and oxygen atoms in total. The highest BCUT2D eigenvalue weighted by Gasteiger charge is 2.15. The molecule has 0 saturated carbocycles. The average Bonchev–Trinajstić information content (AvgIpc) is 2.36. The van der Waals surface area contributed by atoms with E-state index in [4.69, 9.17) is 9.47 Å². The first kappa shape index (κ1) is 15.8. The van der Waals surface area contributed by atoms with Gasteiger partial charge in [0, 0.05) is 6.54 Å². The van der Waals surface area contributed by atoms with Crippen molar-refractivity contribution < 1.29 is 14.6 Å². The van der Waals surface area contributed by atoms with Crippen LogP contribution in [-0.4, -0.2) is 31.0 Å². The van der Waals surface area contributed by atoms with Gasteiger partial charge in [-0.3, -0.25) is 0 Å². The fraction of sp³-hybridized carbons (Fsp3) is 0.600. The highest BCUT2D eigenvalue weighted by Crippen LogP contribution is 2.28. The van der Waals surface area contributed by atoms with Crippen LogP contribution < -0.4 is 14.8 Å². The number of benzene rings is 1. The molecule has 0 aliphatic carbocycles. The molecule has 0 unspecified atom stereocenters. The number of aliphatic hydroxyl groups is 1. The summed E-state index contributed by atoms with van der Waals surface area (Å²) in [6.45, 7) is 7.61. The lowest BCUT2D eigenvalue weighted by Gasteiger charge is -2.19. The topological polar surface area (TPSA) is 50.7 Å². The van der Waals surface area contributed by atoms with E-state index in [1.807, 2.05) is 18.2 Å². The molecule has 1 aromatic carbocycles. The molecule has 0 aromatic heterocycles. The van der Waals surface area contributed by atoms with Crippen molar-refractivity contribution in [3.05, 3.63) is 23.8 Å². The lowest BCUT2D eigenvalue weighted by Crippen LogP contribution is -2.28. The van der Waals surface area contributed by atoms with Gasteiger partial charge in [0.05, 0.1) is 12.7 Å². The number of hydrogen-bond acceptors (Lipinski definition) is 4. The van der Waals surface area contributed by atoms with Crippen molar-refractivity contribution >= 4 is 0 Å². The Morgan fingerprint density at radius 2 is 2.00 bits per heavy atom. The minimum Gasteiger partial charge on any atom is -0.493 e. The summed E-state index contributed by atoms with van der Waals surface area (Å²) in [5.41, 5.74) is 0.299. The quantitative estimate of drug-likeness (QED) is 0.710. The van der Waals surface area contributed by atoms with Gasteiger partial charge in [-0.15, -0.1) is 0 Å². The van der Waals surface area contributed by atoms with Crippen LogP contribution in [0.1, 0.15) is 32.8 Å². The first-order valence-corrected chi connectivity index (χ1v) is 6.69. The molecular formula is C15H25NO3. The summed E-state index contributed by atoms with van der Waals surface area (Å²) >= 11 is 0. The molecule has 0 aliphatic heterocycles. The van der Waals surface area contributed by atoms with E-state index in [0.717, 1.165) is 25.1 Å². The second-order valence-electron chi connectivity index (χ2n) is 5.26. The maximum atomic E-state index is 9.66.